The molecule has 1 aromatic carbocycles. The summed E-state index contributed by atoms with van der Waals surface area (Å²) in [5, 5.41) is 1.16. The summed E-state index contributed by atoms with van der Waals surface area (Å²) in [5.74, 6) is 0.417. The number of rotatable bonds is 7. The van der Waals surface area contributed by atoms with Gasteiger partial charge in [0.25, 0.3) is 5.91 Å². The third-order valence-electron chi connectivity index (χ3n) is 9.80. The molecule has 8 nitrogen and oxygen atoms in total. The molecule has 2 atom stereocenters. The number of pyridine rings is 1. The number of likely N-dealkylation sites (tertiary alicyclic amines) is 2. The van der Waals surface area contributed by atoms with Gasteiger partial charge in [0.2, 0.25) is 0 Å². The van der Waals surface area contributed by atoms with Gasteiger partial charge >= 0.3 is 6.09 Å². The third kappa shape index (κ3) is 7.19. The Morgan fingerprint density at radius 3 is 2.47 bits per heavy atom. The number of fused-ring (bicyclic) bond motifs is 1. The molecular weight excluding hydrogens is 569 g/mol. The first-order chi connectivity index (χ1) is 21.2. The Morgan fingerprint density at radius 2 is 1.80 bits per heavy atom. The monoisotopic (exact) mass is 619 g/mol. The number of halogens is 1. The van der Waals surface area contributed by atoms with E-state index in [2.05, 4.69) is 29.9 Å². The summed E-state index contributed by atoms with van der Waals surface area (Å²) in [6.07, 6.45) is 9.70. The van der Waals surface area contributed by atoms with Crippen LogP contribution in [0.3, 0.4) is 0 Å². The summed E-state index contributed by atoms with van der Waals surface area (Å²) in [6, 6.07) is 4.91. The van der Waals surface area contributed by atoms with Crippen molar-refractivity contribution in [3.05, 3.63) is 59.3 Å². The standard InChI is InChI=1S/C36H50FN5O3/c1-23(2)39(8)34(43)30-18-29(37)9-10-31(30)42-22-28(33-24(3)19-38-20-32(33)42)17-26-11-14-41(21-26)25(4)27-12-15-40(16-13-27)35(44)45-36(5,6)7/h9-10,18-20,22-23,25-27H,11-17,21H2,1-8H3/t25-,26-/m1/s1. The molecule has 2 amide bonds. The van der Waals surface area contributed by atoms with Gasteiger partial charge in [0, 0.05) is 56.5 Å². The van der Waals surface area contributed by atoms with Crippen LogP contribution in [0.25, 0.3) is 16.6 Å². The van der Waals surface area contributed by atoms with E-state index >= 15 is 0 Å². The predicted molar refractivity (Wildman–Crippen MR) is 176 cm³/mol. The number of aromatic nitrogens is 2. The molecule has 2 aliphatic heterocycles. The predicted octanol–water partition coefficient (Wildman–Crippen LogP) is 6.85. The molecule has 3 aromatic rings. The Labute approximate surface area is 267 Å². The van der Waals surface area contributed by atoms with Gasteiger partial charge in [-0.25, -0.2) is 9.18 Å². The zero-order chi connectivity index (χ0) is 32.6. The molecule has 2 aliphatic rings. The number of hydrogen-bond acceptors (Lipinski definition) is 5. The highest BCUT2D eigenvalue weighted by Gasteiger charge is 2.34. The van der Waals surface area contributed by atoms with E-state index in [9.17, 15) is 14.0 Å². The lowest BCUT2D eigenvalue weighted by molar-refractivity contribution is 0.0143. The molecule has 0 bridgehead atoms. The van der Waals surface area contributed by atoms with Gasteiger partial charge in [-0.2, -0.15) is 0 Å². The van der Waals surface area contributed by atoms with Gasteiger partial charge in [0.05, 0.1) is 23.0 Å². The third-order valence-corrected chi connectivity index (χ3v) is 9.80. The van der Waals surface area contributed by atoms with Gasteiger partial charge in [-0.15, -0.1) is 0 Å². The van der Waals surface area contributed by atoms with Gasteiger partial charge in [0.15, 0.2) is 0 Å². The fourth-order valence-electron chi connectivity index (χ4n) is 7.01. The number of aryl methyl sites for hydroxylation is 1. The zero-order valence-electron chi connectivity index (χ0n) is 28.3. The van der Waals surface area contributed by atoms with Gasteiger partial charge in [-0.3, -0.25) is 9.78 Å². The lowest BCUT2D eigenvalue weighted by atomic mass is 9.89. The van der Waals surface area contributed by atoms with Crippen molar-refractivity contribution in [2.75, 3.05) is 33.2 Å². The second-order valence-electron chi connectivity index (χ2n) is 14.4. The lowest BCUT2D eigenvalue weighted by Crippen LogP contribution is -2.46. The average molecular weight is 620 g/mol. The summed E-state index contributed by atoms with van der Waals surface area (Å²) in [4.78, 5) is 36.6. The van der Waals surface area contributed by atoms with E-state index in [0.29, 0.717) is 29.1 Å². The summed E-state index contributed by atoms with van der Waals surface area (Å²) in [7, 11) is 1.75. The number of carbonyl (C=O) groups is 2. The number of hydrogen-bond donors (Lipinski definition) is 0. The minimum absolute atomic E-state index is 0.0141. The number of piperidine rings is 1. The molecule has 0 radical (unpaired) electrons. The zero-order valence-corrected chi connectivity index (χ0v) is 28.3. The Morgan fingerprint density at radius 1 is 1.09 bits per heavy atom. The van der Waals surface area contributed by atoms with Crippen molar-refractivity contribution in [2.45, 2.75) is 91.8 Å². The molecule has 2 fully saturated rings. The van der Waals surface area contributed by atoms with Crippen LogP contribution in [0.2, 0.25) is 0 Å². The second kappa shape index (κ2) is 13.1. The number of nitrogens with zero attached hydrogens (tertiary/aromatic N) is 5. The van der Waals surface area contributed by atoms with Crippen LogP contribution < -0.4 is 0 Å². The molecule has 0 N–H and O–H groups in total. The van der Waals surface area contributed by atoms with Crippen LogP contribution in [-0.2, 0) is 11.2 Å². The van der Waals surface area contributed by atoms with Crippen molar-refractivity contribution in [3.63, 3.8) is 0 Å². The van der Waals surface area contributed by atoms with E-state index in [1.54, 1.807) is 18.0 Å². The highest BCUT2D eigenvalue weighted by atomic mass is 19.1. The maximum atomic E-state index is 14.5. The Hall–Kier alpha value is -3.46. The largest absolute Gasteiger partial charge is 0.444 e. The Bertz CT molecular complexity index is 1540. The van der Waals surface area contributed by atoms with E-state index in [1.165, 1.54) is 17.7 Å². The van der Waals surface area contributed by atoms with Crippen LogP contribution >= 0.6 is 0 Å². The summed E-state index contributed by atoms with van der Waals surface area (Å²) in [5.41, 5.74) is 3.78. The fourth-order valence-corrected chi connectivity index (χ4v) is 7.01. The van der Waals surface area contributed by atoms with Crippen molar-refractivity contribution < 1.29 is 18.7 Å². The van der Waals surface area contributed by atoms with Crippen molar-refractivity contribution in [2.24, 2.45) is 11.8 Å². The summed E-state index contributed by atoms with van der Waals surface area (Å²) >= 11 is 0. The van der Waals surface area contributed by atoms with E-state index in [4.69, 9.17) is 4.74 Å². The number of amides is 2. The molecule has 5 rings (SSSR count). The first-order valence-electron chi connectivity index (χ1n) is 16.5. The summed E-state index contributed by atoms with van der Waals surface area (Å²) in [6.45, 7) is 17.6. The fraction of sp³-hybridized carbons (Fsp3) is 0.583. The molecule has 2 saturated heterocycles. The van der Waals surface area contributed by atoms with Crippen LogP contribution in [0.5, 0.6) is 0 Å². The van der Waals surface area contributed by atoms with Gasteiger partial charge in [-0.1, -0.05) is 0 Å². The van der Waals surface area contributed by atoms with E-state index in [1.807, 2.05) is 56.5 Å². The van der Waals surface area contributed by atoms with Crippen LogP contribution in [0, 0.1) is 24.6 Å². The number of ether oxygens (including phenoxy) is 1. The van der Waals surface area contributed by atoms with Crippen molar-refractivity contribution in [3.8, 4) is 5.69 Å². The Kier molecular flexibility index (Phi) is 9.59. The van der Waals surface area contributed by atoms with Crippen LogP contribution in [0.15, 0.2) is 36.8 Å². The van der Waals surface area contributed by atoms with Gasteiger partial charge in [-0.05, 0) is 122 Å². The molecule has 4 heterocycles. The Balaban J connectivity index is 1.32. The molecule has 0 unspecified atom stereocenters. The van der Waals surface area contributed by atoms with Crippen LogP contribution in [0.4, 0.5) is 9.18 Å². The molecule has 244 valence electrons. The van der Waals surface area contributed by atoms with Crippen molar-refractivity contribution in [1.29, 1.82) is 0 Å². The molecule has 2 aromatic heterocycles. The van der Waals surface area contributed by atoms with Crippen LogP contribution in [0.1, 0.15) is 82.3 Å². The van der Waals surface area contributed by atoms with Gasteiger partial charge in [0.1, 0.15) is 11.4 Å². The van der Waals surface area contributed by atoms with Crippen molar-refractivity contribution >= 4 is 22.9 Å². The maximum absolute atomic E-state index is 14.5. The van der Waals surface area contributed by atoms with E-state index in [0.717, 1.165) is 68.3 Å². The van der Waals surface area contributed by atoms with Gasteiger partial charge < -0.3 is 24.0 Å². The topological polar surface area (TPSA) is 70.9 Å². The minimum atomic E-state index is -0.476. The first kappa shape index (κ1) is 32.9. The number of carbonyl (C=O) groups excluding carboxylic acids is 2. The molecular formula is C36H50FN5O3. The lowest BCUT2D eigenvalue weighted by Gasteiger charge is -2.38. The van der Waals surface area contributed by atoms with E-state index < -0.39 is 11.4 Å². The van der Waals surface area contributed by atoms with Crippen molar-refractivity contribution in [1.82, 2.24) is 24.3 Å². The highest BCUT2D eigenvalue weighted by Crippen LogP contribution is 2.34. The quantitative estimate of drug-likeness (QED) is 0.289. The minimum Gasteiger partial charge on any atom is -0.444 e. The summed E-state index contributed by atoms with van der Waals surface area (Å²) < 4.78 is 22.1. The van der Waals surface area contributed by atoms with Crippen LogP contribution in [-0.4, -0.2) is 87.2 Å². The first-order valence-corrected chi connectivity index (χ1v) is 16.5. The van der Waals surface area contributed by atoms with E-state index in [-0.39, 0.29) is 18.0 Å². The maximum Gasteiger partial charge on any atom is 0.410 e. The molecule has 0 saturated carbocycles. The normalized spacial score (nSPS) is 19.0. The molecule has 0 spiro atoms. The number of benzene rings is 1. The average Bonchev–Trinajstić information content (AvgIpc) is 3.61. The second-order valence-corrected chi connectivity index (χ2v) is 14.4. The molecule has 0 aliphatic carbocycles. The molecule has 45 heavy (non-hydrogen) atoms. The SMILES string of the molecule is Cc1cncc2c1c(C[C@H]1CCN([C@H](C)C3CCN(C(=O)OC(C)(C)C)CC3)C1)cn2-c1ccc(F)cc1C(=O)N(C)C(C)C. The highest BCUT2D eigenvalue weighted by molar-refractivity contribution is 5.99. The smallest absolute Gasteiger partial charge is 0.410 e. The molecule has 9 heteroatoms.